The summed E-state index contributed by atoms with van der Waals surface area (Å²) in [4.78, 5) is 2.07. The molecule has 1 atom stereocenters. The molecule has 1 nitrogen and oxygen atoms in total. The average Bonchev–Trinajstić information content (AvgIpc) is 2.61. The Hall–Kier alpha value is -1.26. The zero-order chi connectivity index (χ0) is 12.6. The van der Waals surface area contributed by atoms with Crippen LogP contribution in [0.3, 0.4) is 0 Å². The maximum absolute atomic E-state index is 13.1. The minimum Gasteiger partial charge on any atom is -0.384 e. The molecular weight excluding hydrogens is 242 g/mol. The van der Waals surface area contributed by atoms with E-state index in [-0.39, 0.29) is 0 Å². The number of aliphatic hydroxyl groups is 1. The molecule has 4 heteroatoms. The quantitative estimate of drug-likeness (QED) is 0.866. The maximum Gasteiger partial charge on any atom is 0.159 e. The molecule has 0 spiro atoms. The van der Waals surface area contributed by atoms with Crippen molar-refractivity contribution in [1.29, 1.82) is 0 Å². The van der Waals surface area contributed by atoms with E-state index in [0.29, 0.717) is 5.56 Å². The first-order chi connectivity index (χ1) is 7.99. The number of hydrogen-bond acceptors (Lipinski definition) is 2. The summed E-state index contributed by atoms with van der Waals surface area (Å²) >= 11 is 1.57. The number of halogens is 2. The van der Waals surface area contributed by atoms with E-state index in [1.807, 2.05) is 19.9 Å². The Balaban J connectivity index is 2.40. The van der Waals surface area contributed by atoms with Crippen molar-refractivity contribution in [3.05, 3.63) is 56.8 Å². The molecule has 0 saturated carbocycles. The molecular formula is C13H12F2OS. The molecule has 0 aliphatic carbocycles. The largest absolute Gasteiger partial charge is 0.384 e. The van der Waals surface area contributed by atoms with E-state index in [4.69, 9.17) is 0 Å². The minimum atomic E-state index is -0.939. The van der Waals surface area contributed by atoms with Crippen LogP contribution in [0.25, 0.3) is 0 Å². The predicted molar refractivity (Wildman–Crippen MR) is 64.2 cm³/mol. The summed E-state index contributed by atoms with van der Waals surface area (Å²) in [6, 6.07) is 5.33. The van der Waals surface area contributed by atoms with Crippen LogP contribution in [0.15, 0.2) is 24.3 Å². The highest BCUT2D eigenvalue weighted by Gasteiger charge is 2.16. The fourth-order valence-electron chi connectivity index (χ4n) is 1.78. The Bertz CT molecular complexity index is 548. The molecule has 1 aromatic heterocycles. The van der Waals surface area contributed by atoms with E-state index >= 15 is 0 Å². The van der Waals surface area contributed by atoms with Gasteiger partial charge in [0.05, 0.1) is 0 Å². The highest BCUT2D eigenvalue weighted by Crippen LogP contribution is 2.30. The van der Waals surface area contributed by atoms with E-state index in [1.165, 1.54) is 6.07 Å². The molecule has 1 N–H and O–H groups in total. The molecule has 0 radical (unpaired) electrons. The summed E-state index contributed by atoms with van der Waals surface area (Å²) in [6.07, 6.45) is -0.907. The lowest BCUT2D eigenvalue weighted by molar-refractivity contribution is 0.219. The highest BCUT2D eigenvalue weighted by atomic mass is 32.1. The summed E-state index contributed by atoms with van der Waals surface area (Å²) < 4.78 is 25.9. The third kappa shape index (κ3) is 2.37. The zero-order valence-corrected chi connectivity index (χ0v) is 10.3. The zero-order valence-electron chi connectivity index (χ0n) is 9.50. The van der Waals surface area contributed by atoms with E-state index < -0.39 is 17.7 Å². The third-order valence-electron chi connectivity index (χ3n) is 2.63. The van der Waals surface area contributed by atoms with Gasteiger partial charge in [0, 0.05) is 9.75 Å². The van der Waals surface area contributed by atoms with Gasteiger partial charge in [-0.05, 0) is 43.2 Å². The Morgan fingerprint density at radius 1 is 1.12 bits per heavy atom. The molecule has 0 aliphatic heterocycles. The van der Waals surface area contributed by atoms with Crippen LogP contribution >= 0.6 is 11.3 Å². The van der Waals surface area contributed by atoms with E-state index in [1.54, 1.807) is 11.3 Å². The lowest BCUT2D eigenvalue weighted by Gasteiger charge is -2.11. The molecule has 0 fully saturated rings. The molecule has 0 amide bonds. The van der Waals surface area contributed by atoms with Crippen molar-refractivity contribution in [2.75, 3.05) is 0 Å². The predicted octanol–water partition coefficient (Wildman–Crippen LogP) is 3.72. The highest BCUT2D eigenvalue weighted by molar-refractivity contribution is 7.12. The van der Waals surface area contributed by atoms with Crippen molar-refractivity contribution in [1.82, 2.24) is 0 Å². The minimum absolute atomic E-state index is 0.366. The van der Waals surface area contributed by atoms with Gasteiger partial charge in [-0.25, -0.2) is 8.78 Å². The van der Waals surface area contributed by atoms with Gasteiger partial charge >= 0.3 is 0 Å². The van der Waals surface area contributed by atoms with Crippen LogP contribution in [-0.4, -0.2) is 5.11 Å². The molecule has 90 valence electrons. The van der Waals surface area contributed by atoms with Crippen molar-refractivity contribution < 1.29 is 13.9 Å². The second-order valence-corrected chi connectivity index (χ2v) is 5.41. The van der Waals surface area contributed by atoms with Crippen molar-refractivity contribution in [2.45, 2.75) is 20.0 Å². The second kappa shape index (κ2) is 4.55. The molecule has 2 rings (SSSR count). The van der Waals surface area contributed by atoms with Gasteiger partial charge in [-0.2, -0.15) is 0 Å². The molecule has 17 heavy (non-hydrogen) atoms. The lowest BCUT2D eigenvalue weighted by Crippen LogP contribution is -2.01. The van der Waals surface area contributed by atoms with Gasteiger partial charge in [0.25, 0.3) is 0 Å². The molecule has 2 aromatic rings. The summed E-state index contributed by atoms with van der Waals surface area (Å²) in [5.41, 5.74) is 1.11. The molecule has 1 heterocycles. The fourth-order valence-corrected chi connectivity index (χ4v) is 2.74. The van der Waals surface area contributed by atoms with Gasteiger partial charge in [0.15, 0.2) is 11.6 Å². The van der Waals surface area contributed by atoms with Crippen molar-refractivity contribution in [3.63, 3.8) is 0 Å². The third-order valence-corrected chi connectivity index (χ3v) is 3.62. The standard InChI is InChI=1S/C13H12F2OS/c1-7-5-10(8(2)17-7)13(16)9-3-4-11(14)12(15)6-9/h3-6,13,16H,1-2H3. The lowest BCUT2D eigenvalue weighted by atomic mass is 10.0. The van der Waals surface area contributed by atoms with Crippen LogP contribution in [0.5, 0.6) is 0 Å². The maximum atomic E-state index is 13.1. The van der Waals surface area contributed by atoms with E-state index in [9.17, 15) is 13.9 Å². The van der Waals surface area contributed by atoms with Crippen LogP contribution in [0, 0.1) is 25.5 Å². The Kier molecular flexibility index (Phi) is 3.26. The summed E-state index contributed by atoms with van der Waals surface area (Å²) in [5, 5.41) is 10.1. The topological polar surface area (TPSA) is 20.2 Å². The van der Waals surface area contributed by atoms with Crippen molar-refractivity contribution in [2.24, 2.45) is 0 Å². The fraction of sp³-hybridized carbons (Fsp3) is 0.231. The van der Waals surface area contributed by atoms with Gasteiger partial charge < -0.3 is 5.11 Å². The van der Waals surface area contributed by atoms with Crippen LogP contribution in [0.4, 0.5) is 8.78 Å². The first kappa shape index (κ1) is 12.2. The number of rotatable bonds is 2. The number of aliphatic hydroxyl groups excluding tert-OH is 1. The smallest absolute Gasteiger partial charge is 0.159 e. The molecule has 0 bridgehead atoms. The first-order valence-electron chi connectivity index (χ1n) is 5.19. The summed E-state index contributed by atoms with van der Waals surface area (Å²) in [5.74, 6) is -1.84. The van der Waals surface area contributed by atoms with Crippen LogP contribution in [0.2, 0.25) is 0 Å². The molecule has 0 saturated heterocycles. The van der Waals surface area contributed by atoms with Gasteiger partial charge in [-0.3, -0.25) is 0 Å². The van der Waals surface area contributed by atoms with Gasteiger partial charge in [0.2, 0.25) is 0 Å². The van der Waals surface area contributed by atoms with E-state index in [2.05, 4.69) is 0 Å². The summed E-state index contributed by atoms with van der Waals surface area (Å²) in [6.45, 7) is 3.84. The Morgan fingerprint density at radius 3 is 2.35 bits per heavy atom. The van der Waals surface area contributed by atoms with Gasteiger partial charge in [-0.1, -0.05) is 6.07 Å². The van der Waals surface area contributed by atoms with Crippen LogP contribution < -0.4 is 0 Å². The second-order valence-electron chi connectivity index (χ2n) is 3.94. The van der Waals surface area contributed by atoms with Crippen LogP contribution in [0.1, 0.15) is 27.0 Å². The molecule has 0 aliphatic rings. The Morgan fingerprint density at radius 2 is 1.82 bits per heavy atom. The number of thiophene rings is 1. The molecule has 1 aromatic carbocycles. The van der Waals surface area contributed by atoms with Gasteiger partial charge in [-0.15, -0.1) is 11.3 Å². The Labute approximate surface area is 102 Å². The normalized spacial score (nSPS) is 12.8. The van der Waals surface area contributed by atoms with E-state index in [0.717, 1.165) is 27.5 Å². The van der Waals surface area contributed by atoms with Crippen molar-refractivity contribution >= 4 is 11.3 Å². The first-order valence-corrected chi connectivity index (χ1v) is 6.00. The number of aryl methyl sites for hydroxylation is 2. The molecule has 1 unspecified atom stereocenters. The SMILES string of the molecule is Cc1cc(C(O)c2ccc(F)c(F)c2)c(C)s1. The average molecular weight is 254 g/mol. The number of benzene rings is 1. The monoisotopic (exact) mass is 254 g/mol. The number of hydrogen-bond donors (Lipinski definition) is 1. The van der Waals surface area contributed by atoms with Crippen LogP contribution in [-0.2, 0) is 0 Å². The van der Waals surface area contributed by atoms with Gasteiger partial charge in [0.1, 0.15) is 6.10 Å². The van der Waals surface area contributed by atoms with Crippen molar-refractivity contribution in [3.8, 4) is 0 Å². The summed E-state index contributed by atoms with van der Waals surface area (Å²) in [7, 11) is 0.